The summed E-state index contributed by atoms with van der Waals surface area (Å²) in [6.45, 7) is 5.17. The Morgan fingerprint density at radius 3 is 2.75 bits per heavy atom. The minimum absolute atomic E-state index is 0.106. The van der Waals surface area contributed by atoms with E-state index in [1.165, 1.54) is 12.8 Å². The average Bonchev–Trinajstić information content (AvgIpc) is 3.08. The minimum Gasteiger partial charge on any atom is -0.379 e. The van der Waals surface area contributed by atoms with Crippen molar-refractivity contribution < 1.29 is 9.53 Å². The van der Waals surface area contributed by atoms with E-state index in [9.17, 15) is 4.79 Å². The molecular weight excluding hydrogens is 402 g/mol. The molecule has 2 aliphatic heterocycles. The van der Waals surface area contributed by atoms with Crippen LogP contribution in [0, 0.1) is 0 Å². The van der Waals surface area contributed by atoms with Crippen molar-refractivity contribution in [3.8, 4) is 11.4 Å². The third kappa shape index (κ3) is 4.74. The van der Waals surface area contributed by atoms with Gasteiger partial charge in [-0.05, 0) is 42.7 Å². The maximum Gasteiger partial charge on any atom is 0.255 e. The highest BCUT2D eigenvalue weighted by atomic mass is 16.5. The average molecular weight is 432 g/mol. The Morgan fingerprint density at radius 1 is 0.969 bits per heavy atom. The van der Waals surface area contributed by atoms with Crippen LogP contribution >= 0.6 is 0 Å². The second-order valence-electron chi connectivity index (χ2n) is 8.53. The van der Waals surface area contributed by atoms with E-state index in [1.54, 1.807) is 0 Å². The number of benzene rings is 2. The summed E-state index contributed by atoms with van der Waals surface area (Å²) in [5.74, 6) is 1.83. The Balaban J connectivity index is 1.30. The zero-order valence-corrected chi connectivity index (χ0v) is 18.3. The normalized spacial score (nSPS) is 16.9. The van der Waals surface area contributed by atoms with Crippen molar-refractivity contribution in [2.75, 3.05) is 31.6 Å². The first-order valence-corrected chi connectivity index (χ1v) is 11.5. The highest BCUT2D eigenvalue weighted by Crippen LogP contribution is 2.25. The van der Waals surface area contributed by atoms with Gasteiger partial charge in [0.05, 0.1) is 13.2 Å². The van der Waals surface area contributed by atoms with Crippen LogP contribution in [0.4, 0.5) is 5.69 Å². The quantitative estimate of drug-likeness (QED) is 0.666. The molecule has 0 bridgehead atoms. The molecule has 3 aromatic rings. The van der Waals surface area contributed by atoms with Crippen LogP contribution < -0.4 is 5.32 Å². The Bertz CT molecular complexity index is 1090. The molecule has 5 rings (SSSR count). The van der Waals surface area contributed by atoms with E-state index in [1.807, 2.05) is 42.5 Å². The maximum absolute atomic E-state index is 13.0. The first kappa shape index (κ1) is 20.8. The lowest BCUT2D eigenvalue weighted by Crippen LogP contribution is -2.35. The highest BCUT2D eigenvalue weighted by Gasteiger charge is 2.17. The fourth-order valence-corrected chi connectivity index (χ4v) is 4.47. The lowest BCUT2D eigenvalue weighted by Gasteiger charge is -2.26. The summed E-state index contributed by atoms with van der Waals surface area (Å²) in [7, 11) is 0. The molecule has 1 aromatic heterocycles. The van der Waals surface area contributed by atoms with Gasteiger partial charge in [0, 0.05) is 49.4 Å². The van der Waals surface area contributed by atoms with E-state index >= 15 is 0 Å². The molecule has 7 heteroatoms. The predicted octanol–water partition coefficient (Wildman–Crippen LogP) is 3.76. The van der Waals surface area contributed by atoms with Crippen LogP contribution in [-0.2, 0) is 24.2 Å². The van der Waals surface area contributed by atoms with Crippen LogP contribution in [0.15, 0.2) is 48.5 Å². The Kier molecular flexibility index (Phi) is 6.27. The number of nitrogens with zero attached hydrogens (tertiary/aromatic N) is 4. The zero-order chi connectivity index (χ0) is 21.8. The summed E-state index contributed by atoms with van der Waals surface area (Å²) in [6.07, 6.45) is 4.52. The smallest absolute Gasteiger partial charge is 0.255 e. The monoisotopic (exact) mass is 431 g/mol. The summed E-state index contributed by atoms with van der Waals surface area (Å²) in [5.41, 5.74) is 3.54. The second kappa shape index (κ2) is 9.63. The minimum atomic E-state index is -0.106. The van der Waals surface area contributed by atoms with Gasteiger partial charge in [-0.25, -0.2) is 0 Å². The van der Waals surface area contributed by atoms with Crippen molar-refractivity contribution in [3.05, 3.63) is 65.5 Å². The standard InChI is InChI=1S/C25H29N5O2/c31-25(21-8-4-6-19(16-21)18-29-12-14-32-15-13-29)26-22-9-5-7-20(17-22)24-28-27-23-10-2-1-3-11-30(23)24/h4-9,16-17H,1-3,10-15,18H2,(H,26,31). The van der Waals surface area contributed by atoms with Gasteiger partial charge in [0.1, 0.15) is 5.82 Å². The molecule has 32 heavy (non-hydrogen) atoms. The SMILES string of the molecule is O=C(Nc1cccc(-c2nnc3n2CCCCC3)c1)c1cccc(CN2CCOCC2)c1. The molecule has 0 atom stereocenters. The van der Waals surface area contributed by atoms with E-state index in [4.69, 9.17) is 4.74 Å². The topological polar surface area (TPSA) is 72.3 Å². The van der Waals surface area contributed by atoms with Crippen molar-refractivity contribution in [2.45, 2.75) is 38.8 Å². The first-order chi connectivity index (χ1) is 15.8. The molecule has 0 saturated carbocycles. The number of aromatic nitrogens is 3. The van der Waals surface area contributed by atoms with Crippen LogP contribution in [0.5, 0.6) is 0 Å². The Morgan fingerprint density at radius 2 is 1.84 bits per heavy atom. The van der Waals surface area contributed by atoms with Crippen LogP contribution in [-0.4, -0.2) is 51.9 Å². The van der Waals surface area contributed by atoms with Crippen LogP contribution in [0.3, 0.4) is 0 Å². The summed E-state index contributed by atoms with van der Waals surface area (Å²) in [5, 5.41) is 11.9. The summed E-state index contributed by atoms with van der Waals surface area (Å²) in [6, 6.07) is 15.7. The van der Waals surface area contributed by atoms with Gasteiger partial charge in [-0.1, -0.05) is 30.7 Å². The van der Waals surface area contributed by atoms with Gasteiger partial charge in [-0.2, -0.15) is 0 Å². The number of aryl methyl sites for hydroxylation is 1. The number of hydrogen-bond acceptors (Lipinski definition) is 5. The molecule has 0 aliphatic carbocycles. The van der Waals surface area contributed by atoms with E-state index in [-0.39, 0.29) is 5.91 Å². The van der Waals surface area contributed by atoms with E-state index in [0.29, 0.717) is 5.56 Å². The fourth-order valence-electron chi connectivity index (χ4n) is 4.47. The van der Waals surface area contributed by atoms with Crippen LogP contribution in [0.2, 0.25) is 0 Å². The molecule has 2 aromatic carbocycles. The molecule has 166 valence electrons. The predicted molar refractivity (Wildman–Crippen MR) is 124 cm³/mol. The summed E-state index contributed by atoms with van der Waals surface area (Å²) < 4.78 is 7.65. The van der Waals surface area contributed by atoms with Gasteiger partial charge in [0.15, 0.2) is 5.82 Å². The zero-order valence-electron chi connectivity index (χ0n) is 18.3. The molecule has 1 saturated heterocycles. The molecule has 0 unspecified atom stereocenters. The lowest BCUT2D eigenvalue weighted by molar-refractivity contribution is 0.0342. The van der Waals surface area contributed by atoms with Crippen molar-refractivity contribution in [1.29, 1.82) is 0 Å². The molecule has 7 nitrogen and oxygen atoms in total. The molecule has 1 amide bonds. The van der Waals surface area contributed by atoms with E-state index in [2.05, 4.69) is 31.0 Å². The van der Waals surface area contributed by atoms with Gasteiger partial charge in [-0.15, -0.1) is 10.2 Å². The van der Waals surface area contributed by atoms with Crippen LogP contribution in [0.1, 0.15) is 41.0 Å². The van der Waals surface area contributed by atoms with E-state index in [0.717, 1.165) is 80.7 Å². The number of anilines is 1. The van der Waals surface area contributed by atoms with Crippen LogP contribution in [0.25, 0.3) is 11.4 Å². The summed E-state index contributed by atoms with van der Waals surface area (Å²) in [4.78, 5) is 15.3. The van der Waals surface area contributed by atoms with Gasteiger partial charge in [0.2, 0.25) is 0 Å². The number of hydrogen-bond donors (Lipinski definition) is 1. The molecule has 1 fully saturated rings. The van der Waals surface area contributed by atoms with Crippen molar-refractivity contribution in [1.82, 2.24) is 19.7 Å². The van der Waals surface area contributed by atoms with Gasteiger partial charge in [-0.3, -0.25) is 9.69 Å². The molecule has 2 aliphatic rings. The molecular formula is C25H29N5O2. The maximum atomic E-state index is 13.0. The number of nitrogens with one attached hydrogen (secondary N) is 1. The van der Waals surface area contributed by atoms with Gasteiger partial charge < -0.3 is 14.6 Å². The first-order valence-electron chi connectivity index (χ1n) is 11.5. The summed E-state index contributed by atoms with van der Waals surface area (Å²) >= 11 is 0. The third-order valence-corrected chi connectivity index (χ3v) is 6.19. The lowest BCUT2D eigenvalue weighted by atomic mass is 10.1. The number of ether oxygens (including phenoxy) is 1. The number of rotatable bonds is 5. The molecule has 0 spiro atoms. The molecule has 0 radical (unpaired) electrons. The van der Waals surface area contributed by atoms with Crippen molar-refractivity contribution in [3.63, 3.8) is 0 Å². The van der Waals surface area contributed by atoms with Gasteiger partial charge >= 0.3 is 0 Å². The number of fused-ring (bicyclic) bond motifs is 1. The number of carbonyl (C=O) groups excluding carboxylic acids is 1. The van der Waals surface area contributed by atoms with E-state index < -0.39 is 0 Å². The highest BCUT2D eigenvalue weighted by molar-refractivity contribution is 6.04. The molecule has 1 N–H and O–H groups in total. The molecule has 3 heterocycles. The number of amides is 1. The number of carbonyl (C=O) groups is 1. The van der Waals surface area contributed by atoms with Gasteiger partial charge in [0.25, 0.3) is 5.91 Å². The second-order valence-corrected chi connectivity index (χ2v) is 8.53. The largest absolute Gasteiger partial charge is 0.379 e. The Hall–Kier alpha value is -3.03. The van der Waals surface area contributed by atoms with Crippen molar-refractivity contribution in [2.24, 2.45) is 0 Å². The fraction of sp³-hybridized carbons (Fsp3) is 0.400. The van der Waals surface area contributed by atoms with Crippen molar-refractivity contribution >= 4 is 11.6 Å². The third-order valence-electron chi connectivity index (χ3n) is 6.19. The number of morpholine rings is 1. The Labute approximate surface area is 188 Å².